The number of fused-ring (bicyclic) bond motifs is 1. The zero-order valence-corrected chi connectivity index (χ0v) is 15.9. The van der Waals surface area contributed by atoms with E-state index in [0.29, 0.717) is 16.7 Å². The van der Waals surface area contributed by atoms with Gasteiger partial charge in [-0.1, -0.05) is 91.0 Å². The molecule has 3 aromatic carbocycles. The molecule has 1 heterocycles. The lowest BCUT2D eigenvalue weighted by Crippen LogP contribution is -2.55. The lowest BCUT2D eigenvalue weighted by molar-refractivity contribution is -0.553. The third-order valence-electron chi connectivity index (χ3n) is 6.51. The van der Waals surface area contributed by atoms with Crippen molar-refractivity contribution in [3.05, 3.63) is 118 Å². The fourth-order valence-electron chi connectivity index (χ4n) is 5.44. The Morgan fingerprint density at radius 2 is 1.03 bits per heavy atom. The molecule has 2 unspecified atom stereocenters. The molecule has 5 rings (SSSR count). The maximum absolute atomic E-state index is 12.8. The quantitative estimate of drug-likeness (QED) is 0.310. The van der Waals surface area contributed by atoms with E-state index >= 15 is 0 Å². The number of amides is 2. The lowest BCUT2D eigenvalue weighted by atomic mass is 9.61. The van der Waals surface area contributed by atoms with Gasteiger partial charge in [0.1, 0.15) is 17.3 Å². The van der Waals surface area contributed by atoms with Crippen molar-refractivity contribution in [3.8, 4) is 0 Å². The van der Waals surface area contributed by atoms with Gasteiger partial charge in [-0.3, -0.25) is 25.0 Å². The highest BCUT2D eigenvalue weighted by atomic mass is 16.6. The van der Waals surface area contributed by atoms with Gasteiger partial charge in [0.05, 0.1) is 0 Å². The number of carbonyl (C=O) groups is 2. The summed E-state index contributed by atoms with van der Waals surface area (Å²) in [7, 11) is 0. The van der Waals surface area contributed by atoms with E-state index in [-0.39, 0.29) is 0 Å². The largest absolute Gasteiger partial charge is 0.295 e. The molecule has 1 saturated carbocycles. The second-order valence-electron chi connectivity index (χ2n) is 7.74. The van der Waals surface area contributed by atoms with Crippen LogP contribution in [-0.2, 0) is 15.0 Å². The molecule has 0 spiro atoms. The molecule has 1 saturated heterocycles. The number of benzene rings is 3. The highest BCUT2D eigenvalue weighted by molar-refractivity contribution is 6.12. The van der Waals surface area contributed by atoms with Crippen molar-refractivity contribution in [1.82, 2.24) is 5.32 Å². The van der Waals surface area contributed by atoms with Gasteiger partial charge in [-0.2, -0.15) is 0 Å². The molecule has 6 nitrogen and oxygen atoms in total. The van der Waals surface area contributed by atoms with Crippen molar-refractivity contribution in [3.63, 3.8) is 0 Å². The van der Waals surface area contributed by atoms with E-state index in [1.165, 1.54) is 0 Å². The van der Waals surface area contributed by atoms with Crippen LogP contribution >= 0.6 is 0 Å². The van der Waals surface area contributed by atoms with Crippen LogP contribution in [0, 0.1) is 22.0 Å². The molecule has 1 N–H and O–H groups in total. The molecule has 2 atom stereocenters. The molecule has 30 heavy (non-hydrogen) atoms. The summed E-state index contributed by atoms with van der Waals surface area (Å²) in [6.07, 6.45) is 0. The Morgan fingerprint density at radius 1 is 0.700 bits per heavy atom. The first kappa shape index (κ1) is 18.2. The molecular formula is C24H18N2O4. The summed E-state index contributed by atoms with van der Waals surface area (Å²) in [5.41, 5.74) is -1.10. The summed E-state index contributed by atoms with van der Waals surface area (Å²) < 4.78 is 0. The second-order valence-corrected chi connectivity index (χ2v) is 7.74. The summed E-state index contributed by atoms with van der Waals surface area (Å²) in [6, 6.07) is 27.5. The summed E-state index contributed by atoms with van der Waals surface area (Å²) in [5.74, 6) is -3.20. The SMILES string of the molecule is O=C1NC(=O)C2C1C2([N+](=O)[O-])C(c1ccccc1)(c1ccccc1)c1ccccc1. The fraction of sp³-hybridized carbons (Fsp3) is 0.167. The average molecular weight is 398 g/mol. The minimum Gasteiger partial charge on any atom is -0.295 e. The van der Waals surface area contributed by atoms with Gasteiger partial charge in [-0.15, -0.1) is 0 Å². The van der Waals surface area contributed by atoms with E-state index < -0.39 is 39.5 Å². The van der Waals surface area contributed by atoms with Crippen molar-refractivity contribution in [1.29, 1.82) is 0 Å². The highest BCUT2D eigenvalue weighted by Crippen LogP contribution is 2.69. The van der Waals surface area contributed by atoms with Gasteiger partial charge in [-0.05, 0) is 16.7 Å². The number of hydrogen-bond acceptors (Lipinski definition) is 4. The van der Waals surface area contributed by atoms with E-state index in [0.717, 1.165) is 0 Å². The van der Waals surface area contributed by atoms with Gasteiger partial charge in [0.25, 0.3) is 5.54 Å². The van der Waals surface area contributed by atoms with Gasteiger partial charge in [0.2, 0.25) is 11.8 Å². The Morgan fingerprint density at radius 3 is 1.33 bits per heavy atom. The predicted octanol–water partition coefficient (Wildman–Crippen LogP) is 2.94. The van der Waals surface area contributed by atoms with Gasteiger partial charge >= 0.3 is 0 Å². The number of nitrogens with zero attached hydrogens (tertiary/aromatic N) is 1. The van der Waals surface area contributed by atoms with E-state index in [1.807, 2.05) is 91.0 Å². The number of rotatable bonds is 5. The predicted molar refractivity (Wildman–Crippen MR) is 109 cm³/mol. The number of piperidine rings is 1. The van der Waals surface area contributed by atoms with Crippen molar-refractivity contribution < 1.29 is 14.5 Å². The molecule has 0 bridgehead atoms. The smallest absolute Gasteiger partial charge is 0.264 e. The number of carbonyl (C=O) groups excluding carboxylic acids is 2. The summed E-state index contributed by atoms with van der Waals surface area (Å²) in [6.45, 7) is 0. The van der Waals surface area contributed by atoms with Crippen LogP contribution in [0.1, 0.15) is 16.7 Å². The Bertz CT molecular complexity index is 1030. The topological polar surface area (TPSA) is 89.3 Å². The molecule has 2 amide bonds. The minimum atomic E-state index is -1.81. The average Bonchev–Trinajstić information content (AvgIpc) is 3.40. The van der Waals surface area contributed by atoms with E-state index in [2.05, 4.69) is 5.32 Å². The normalized spacial score (nSPS) is 24.8. The molecule has 0 radical (unpaired) electrons. The summed E-state index contributed by atoms with van der Waals surface area (Å²) >= 11 is 0. The first-order chi connectivity index (χ1) is 14.6. The molecular weight excluding hydrogens is 380 g/mol. The third-order valence-corrected chi connectivity index (χ3v) is 6.51. The molecule has 148 valence electrons. The number of nitrogens with one attached hydrogen (secondary N) is 1. The summed E-state index contributed by atoms with van der Waals surface area (Å²) in [4.78, 5) is 37.7. The molecule has 2 fully saturated rings. The lowest BCUT2D eigenvalue weighted by Gasteiger charge is -2.39. The second kappa shape index (κ2) is 6.35. The molecule has 1 aliphatic heterocycles. The van der Waals surface area contributed by atoms with Crippen LogP contribution in [0.3, 0.4) is 0 Å². The van der Waals surface area contributed by atoms with Crippen LogP contribution in [0.15, 0.2) is 91.0 Å². The minimum absolute atomic E-state index is 0.397. The van der Waals surface area contributed by atoms with Crippen LogP contribution in [0.25, 0.3) is 0 Å². The van der Waals surface area contributed by atoms with Gasteiger partial charge < -0.3 is 0 Å². The van der Waals surface area contributed by atoms with Gasteiger partial charge in [-0.25, -0.2) is 0 Å². The van der Waals surface area contributed by atoms with Crippen molar-refractivity contribution in [2.45, 2.75) is 11.0 Å². The Labute approximate surface area is 172 Å². The van der Waals surface area contributed by atoms with E-state index in [1.54, 1.807) is 0 Å². The monoisotopic (exact) mass is 398 g/mol. The van der Waals surface area contributed by atoms with Crippen LogP contribution < -0.4 is 5.32 Å². The summed E-state index contributed by atoms with van der Waals surface area (Å²) in [5, 5.41) is 15.1. The zero-order chi connectivity index (χ0) is 20.9. The van der Waals surface area contributed by atoms with Crippen LogP contribution in [0.4, 0.5) is 0 Å². The number of nitro groups is 1. The van der Waals surface area contributed by atoms with Crippen LogP contribution in [0.2, 0.25) is 0 Å². The highest BCUT2D eigenvalue weighted by Gasteiger charge is 2.92. The number of imide groups is 1. The standard InChI is InChI=1S/C24H18N2O4/c27-21-19-20(22(28)25-21)24(19,26(29)30)23(16-10-4-1-5-11-16,17-12-6-2-7-13-17)18-14-8-3-9-15-18/h1-15,19-20H,(H,25,27,28). The first-order valence-corrected chi connectivity index (χ1v) is 9.72. The molecule has 3 aromatic rings. The molecule has 2 aliphatic rings. The van der Waals surface area contributed by atoms with Crippen LogP contribution in [0.5, 0.6) is 0 Å². The molecule has 0 aromatic heterocycles. The Hall–Kier alpha value is -3.80. The Balaban J connectivity index is 1.94. The van der Waals surface area contributed by atoms with E-state index in [4.69, 9.17) is 0 Å². The zero-order valence-electron chi connectivity index (χ0n) is 15.9. The van der Waals surface area contributed by atoms with Gasteiger partial charge in [0.15, 0.2) is 0 Å². The maximum Gasteiger partial charge on any atom is 0.264 e. The number of hydrogen-bond donors (Lipinski definition) is 1. The fourth-order valence-corrected chi connectivity index (χ4v) is 5.44. The maximum atomic E-state index is 12.8. The van der Waals surface area contributed by atoms with E-state index in [9.17, 15) is 19.7 Å². The third kappa shape index (κ3) is 2.08. The van der Waals surface area contributed by atoms with Crippen molar-refractivity contribution in [2.75, 3.05) is 0 Å². The molecule has 1 aliphatic carbocycles. The van der Waals surface area contributed by atoms with Crippen molar-refractivity contribution in [2.24, 2.45) is 11.8 Å². The van der Waals surface area contributed by atoms with Gasteiger partial charge in [0, 0.05) is 4.92 Å². The molecule has 6 heteroatoms. The van der Waals surface area contributed by atoms with Crippen LogP contribution in [-0.4, -0.2) is 22.3 Å². The van der Waals surface area contributed by atoms with Crippen molar-refractivity contribution >= 4 is 11.8 Å². The Kier molecular flexibility index (Phi) is 3.86. The first-order valence-electron chi connectivity index (χ1n) is 9.72.